The highest BCUT2D eigenvalue weighted by molar-refractivity contribution is 6.30. The highest BCUT2D eigenvalue weighted by Gasteiger charge is 2.16. The van der Waals surface area contributed by atoms with E-state index in [2.05, 4.69) is 21.9 Å². The molecule has 1 fully saturated rings. The van der Waals surface area contributed by atoms with Gasteiger partial charge in [0.1, 0.15) is 5.69 Å². The largest absolute Gasteiger partial charge is 0.478 e. The first-order valence-electron chi connectivity index (χ1n) is 11.2. The number of pyridine rings is 1. The molecule has 1 aliphatic rings. The van der Waals surface area contributed by atoms with Gasteiger partial charge in [-0.1, -0.05) is 36.2 Å². The van der Waals surface area contributed by atoms with E-state index in [0.29, 0.717) is 12.5 Å². The number of hydrogen-bond acceptors (Lipinski definition) is 4. The molecule has 3 heterocycles. The van der Waals surface area contributed by atoms with E-state index in [-0.39, 0.29) is 0 Å². The molecule has 31 heavy (non-hydrogen) atoms. The van der Waals surface area contributed by atoms with Gasteiger partial charge >= 0.3 is 0 Å². The number of rotatable bonds is 8. The fraction of sp³-hybridized carbons (Fsp3) is 0.440. The van der Waals surface area contributed by atoms with E-state index in [9.17, 15) is 0 Å². The molecule has 0 amide bonds. The number of aromatic amines is 1. The molecule has 1 aliphatic heterocycles. The predicted molar refractivity (Wildman–Crippen MR) is 127 cm³/mol. The molecule has 0 radical (unpaired) electrons. The van der Waals surface area contributed by atoms with Crippen molar-refractivity contribution in [3.63, 3.8) is 0 Å². The summed E-state index contributed by atoms with van der Waals surface area (Å²) >= 11 is 6.01. The average molecular weight is 439 g/mol. The molecule has 0 aliphatic carbocycles. The molecule has 3 aromatic rings. The fourth-order valence-electron chi connectivity index (χ4n) is 4.16. The summed E-state index contributed by atoms with van der Waals surface area (Å²) in [4.78, 5) is 15.2. The van der Waals surface area contributed by atoms with Gasteiger partial charge in [-0.15, -0.1) is 0 Å². The lowest BCUT2D eigenvalue weighted by Crippen LogP contribution is -2.30. The number of nitrogens with one attached hydrogen (secondary N) is 1. The lowest BCUT2D eigenvalue weighted by Gasteiger charge is -2.28. The van der Waals surface area contributed by atoms with Gasteiger partial charge in [0, 0.05) is 22.3 Å². The minimum atomic E-state index is 0.652. The molecular weight excluding hydrogens is 408 g/mol. The van der Waals surface area contributed by atoms with Crippen molar-refractivity contribution in [2.75, 3.05) is 26.7 Å². The number of imidazole rings is 1. The third kappa shape index (κ3) is 5.86. The average Bonchev–Trinajstić information content (AvgIpc) is 3.17. The zero-order valence-corrected chi connectivity index (χ0v) is 19.2. The Hall–Kier alpha value is -2.37. The molecule has 1 aromatic carbocycles. The molecule has 0 spiro atoms. The van der Waals surface area contributed by atoms with Gasteiger partial charge in [-0.05, 0) is 76.9 Å². The van der Waals surface area contributed by atoms with Crippen molar-refractivity contribution in [2.24, 2.45) is 5.92 Å². The lowest BCUT2D eigenvalue weighted by atomic mass is 9.92. The van der Waals surface area contributed by atoms with Crippen LogP contribution in [0.4, 0.5) is 0 Å². The number of nitrogens with zero attached hydrogens (tertiary/aromatic N) is 3. The van der Waals surface area contributed by atoms with Crippen molar-refractivity contribution in [3.8, 4) is 28.7 Å². The number of piperidine rings is 1. The van der Waals surface area contributed by atoms with Gasteiger partial charge in [0.2, 0.25) is 5.88 Å². The third-order valence-corrected chi connectivity index (χ3v) is 6.32. The number of H-pyrrole nitrogens is 1. The summed E-state index contributed by atoms with van der Waals surface area (Å²) in [6.07, 6.45) is 6.27. The Balaban J connectivity index is 1.31. The smallest absolute Gasteiger partial charge is 0.213 e. The minimum Gasteiger partial charge on any atom is -0.478 e. The number of aromatic nitrogens is 3. The molecule has 0 saturated carbocycles. The third-order valence-electron chi connectivity index (χ3n) is 6.06. The molecule has 5 nitrogen and oxygen atoms in total. The maximum atomic E-state index is 6.01. The SMILES string of the molecule is Cc1[nH]c(-c2cccc(OCCCCC3CCN(C)CC3)n2)nc1-c1ccc(Cl)cc1. The predicted octanol–water partition coefficient (Wildman–Crippen LogP) is 5.99. The van der Waals surface area contributed by atoms with Crippen molar-refractivity contribution in [2.45, 2.75) is 39.0 Å². The van der Waals surface area contributed by atoms with Crippen LogP contribution in [0.2, 0.25) is 5.02 Å². The van der Waals surface area contributed by atoms with Crippen LogP contribution in [0.3, 0.4) is 0 Å². The first-order chi connectivity index (χ1) is 15.1. The number of aryl methyl sites for hydroxylation is 1. The molecule has 164 valence electrons. The second-order valence-electron chi connectivity index (χ2n) is 8.52. The molecule has 0 bridgehead atoms. The maximum Gasteiger partial charge on any atom is 0.213 e. The Morgan fingerprint density at radius 3 is 2.61 bits per heavy atom. The first kappa shape index (κ1) is 21.8. The van der Waals surface area contributed by atoms with Crippen LogP contribution >= 0.6 is 11.6 Å². The summed E-state index contributed by atoms with van der Waals surface area (Å²) in [6, 6.07) is 13.6. The van der Waals surface area contributed by atoms with Crippen molar-refractivity contribution in [1.82, 2.24) is 19.9 Å². The van der Waals surface area contributed by atoms with Crippen LogP contribution < -0.4 is 4.74 Å². The van der Waals surface area contributed by atoms with E-state index in [4.69, 9.17) is 21.3 Å². The van der Waals surface area contributed by atoms with Crippen LogP contribution in [0, 0.1) is 12.8 Å². The molecule has 4 rings (SSSR count). The zero-order chi connectivity index (χ0) is 21.6. The van der Waals surface area contributed by atoms with Gasteiger partial charge in [0.05, 0.1) is 12.3 Å². The number of benzene rings is 1. The summed E-state index contributed by atoms with van der Waals surface area (Å²) in [5.41, 5.74) is 3.72. The summed E-state index contributed by atoms with van der Waals surface area (Å²) in [5, 5.41) is 0.718. The maximum absolute atomic E-state index is 6.01. The summed E-state index contributed by atoms with van der Waals surface area (Å²) in [5.74, 6) is 2.28. The summed E-state index contributed by atoms with van der Waals surface area (Å²) in [6.45, 7) is 5.20. The normalized spacial score (nSPS) is 15.3. The van der Waals surface area contributed by atoms with Crippen LogP contribution in [-0.2, 0) is 0 Å². The van der Waals surface area contributed by atoms with Crippen LogP contribution in [0.15, 0.2) is 42.5 Å². The Labute approximate surface area is 189 Å². The quantitative estimate of drug-likeness (QED) is 0.439. The highest BCUT2D eigenvalue weighted by atomic mass is 35.5. The second-order valence-corrected chi connectivity index (χ2v) is 8.95. The standard InChI is InChI=1S/C25H31ClN4O/c1-18-24(20-9-11-21(26)12-10-20)29-25(27-18)22-7-5-8-23(28-22)31-17-4-3-6-19-13-15-30(2)16-14-19/h5,7-12,19H,3-4,6,13-17H2,1-2H3,(H,27,29). The second kappa shape index (κ2) is 10.3. The Morgan fingerprint density at radius 2 is 1.84 bits per heavy atom. The topological polar surface area (TPSA) is 54.0 Å². The molecule has 2 aromatic heterocycles. The van der Waals surface area contributed by atoms with Crippen molar-refractivity contribution >= 4 is 11.6 Å². The van der Waals surface area contributed by atoms with Gasteiger partial charge in [0.25, 0.3) is 0 Å². The van der Waals surface area contributed by atoms with Crippen LogP contribution in [0.25, 0.3) is 22.8 Å². The van der Waals surface area contributed by atoms with Gasteiger partial charge in [-0.25, -0.2) is 9.97 Å². The van der Waals surface area contributed by atoms with Gasteiger partial charge in [-0.2, -0.15) is 0 Å². The van der Waals surface area contributed by atoms with E-state index in [0.717, 1.165) is 45.8 Å². The molecule has 0 unspecified atom stereocenters. The Kier molecular flexibility index (Phi) is 7.25. The molecule has 1 N–H and O–H groups in total. The van der Waals surface area contributed by atoms with Crippen LogP contribution in [-0.4, -0.2) is 46.6 Å². The number of halogens is 1. The van der Waals surface area contributed by atoms with Gasteiger partial charge in [-0.3, -0.25) is 0 Å². The van der Waals surface area contributed by atoms with Crippen molar-refractivity contribution in [1.29, 1.82) is 0 Å². The number of hydrogen-bond donors (Lipinski definition) is 1. The molecular formula is C25H31ClN4O. The zero-order valence-electron chi connectivity index (χ0n) is 18.4. The molecule has 6 heteroatoms. The fourth-order valence-corrected chi connectivity index (χ4v) is 4.29. The summed E-state index contributed by atoms with van der Waals surface area (Å²) in [7, 11) is 2.22. The van der Waals surface area contributed by atoms with Crippen LogP contribution in [0.5, 0.6) is 5.88 Å². The van der Waals surface area contributed by atoms with E-state index in [1.807, 2.05) is 49.4 Å². The molecule has 0 atom stereocenters. The number of unbranched alkanes of at least 4 members (excludes halogenated alkanes) is 1. The Bertz CT molecular complexity index is 977. The number of ether oxygens (including phenoxy) is 1. The van der Waals surface area contributed by atoms with E-state index in [1.54, 1.807) is 0 Å². The number of likely N-dealkylation sites (tertiary alicyclic amines) is 1. The highest BCUT2D eigenvalue weighted by Crippen LogP contribution is 2.27. The van der Waals surface area contributed by atoms with Gasteiger partial charge < -0.3 is 14.6 Å². The molecule has 1 saturated heterocycles. The van der Waals surface area contributed by atoms with Gasteiger partial charge in [0.15, 0.2) is 5.82 Å². The monoisotopic (exact) mass is 438 g/mol. The first-order valence-corrected chi connectivity index (χ1v) is 11.6. The van der Waals surface area contributed by atoms with E-state index in [1.165, 1.54) is 38.8 Å². The Morgan fingerprint density at radius 1 is 1.06 bits per heavy atom. The van der Waals surface area contributed by atoms with Crippen molar-refractivity contribution < 1.29 is 4.74 Å². The van der Waals surface area contributed by atoms with Crippen molar-refractivity contribution in [3.05, 3.63) is 53.2 Å². The lowest BCUT2D eigenvalue weighted by molar-refractivity contribution is 0.205. The van der Waals surface area contributed by atoms with Crippen LogP contribution in [0.1, 0.15) is 37.8 Å². The summed E-state index contributed by atoms with van der Waals surface area (Å²) < 4.78 is 5.93. The van der Waals surface area contributed by atoms with E-state index >= 15 is 0 Å². The minimum absolute atomic E-state index is 0.652. The van der Waals surface area contributed by atoms with E-state index < -0.39 is 0 Å².